The maximum atomic E-state index is 5.78. The fraction of sp³-hybridized carbons (Fsp3) is 0.500. The van der Waals surface area contributed by atoms with Gasteiger partial charge in [0.2, 0.25) is 0 Å². The van der Waals surface area contributed by atoms with Gasteiger partial charge in [0, 0.05) is 5.02 Å². The summed E-state index contributed by atoms with van der Waals surface area (Å²) in [6.45, 7) is 2.92. The smallest absolute Gasteiger partial charge is 0.142 e. The summed E-state index contributed by atoms with van der Waals surface area (Å²) in [5, 5.41) is 0.644. The van der Waals surface area contributed by atoms with E-state index in [9.17, 15) is 0 Å². The fourth-order valence-electron chi connectivity index (χ4n) is 1.36. The van der Waals surface area contributed by atoms with Crippen molar-refractivity contribution in [2.75, 3.05) is 12.3 Å². The zero-order chi connectivity index (χ0) is 11.1. The van der Waals surface area contributed by atoms with Gasteiger partial charge in [-0.15, -0.1) is 0 Å². The van der Waals surface area contributed by atoms with E-state index in [0.717, 1.165) is 18.8 Å². The lowest BCUT2D eigenvalue weighted by molar-refractivity contribution is 0.306. The number of halogens is 1. The molecular weight excluding hydrogens is 210 g/mol. The number of hydrogen-bond donors (Lipinski definition) is 1. The van der Waals surface area contributed by atoms with E-state index in [4.69, 9.17) is 22.1 Å². The summed E-state index contributed by atoms with van der Waals surface area (Å²) in [5.74, 6) is 0.732. The summed E-state index contributed by atoms with van der Waals surface area (Å²) in [6.07, 6.45) is 4.79. The normalized spacial score (nSPS) is 10.3. The third-order valence-electron chi connectivity index (χ3n) is 2.23. The summed E-state index contributed by atoms with van der Waals surface area (Å²) >= 11 is 5.78. The Morgan fingerprint density at radius 1 is 1.27 bits per heavy atom. The molecule has 84 valence electrons. The SMILES string of the molecule is CCCCCCOc1ccc(Cl)cc1N. The molecule has 1 rings (SSSR count). The van der Waals surface area contributed by atoms with Gasteiger partial charge in [-0.3, -0.25) is 0 Å². The number of hydrogen-bond acceptors (Lipinski definition) is 2. The first-order valence-electron chi connectivity index (χ1n) is 5.42. The van der Waals surface area contributed by atoms with Crippen LogP contribution in [0.1, 0.15) is 32.6 Å². The highest BCUT2D eigenvalue weighted by Crippen LogP contribution is 2.25. The highest BCUT2D eigenvalue weighted by atomic mass is 35.5. The first-order chi connectivity index (χ1) is 7.24. The number of nitrogens with two attached hydrogens (primary N) is 1. The van der Waals surface area contributed by atoms with Crippen LogP contribution in [0.5, 0.6) is 5.75 Å². The van der Waals surface area contributed by atoms with Gasteiger partial charge < -0.3 is 10.5 Å². The van der Waals surface area contributed by atoms with Gasteiger partial charge in [-0.05, 0) is 24.6 Å². The van der Waals surface area contributed by atoms with Crippen molar-refractivity contribution >= 4 is 17.3 Å². The number of unbranched alkanes of at least 4 members (excludes halogenated alkanes) is 3. The topological polar surface area (TPSA) is 35.2 Å². The monoisotopic (exact) mass is 227 g/mol. The van der Waals surface area contributed by atoms with Crippen LogP contribution in [-0.4, -0.2) is 6.61 Å². The molecule has 0 aliphatic heterocycles. The molecule has 0 atom stereocenters. The van der Waals surface area contributed by atoms with E-state index in [1.165, 1.54) is 19.3 Å². The third-order valence-corrected chi connectivity index (χ3v) is 2.46. The van der Waals surface area contributed by atoms with Crippen molar-refractivity contribution in [2.45, 2.75) is 32.6 Å². The standard InChI is InChI=1S/C12H18ClNO/c1-2-3-4-5-8-15-12-7-6-10(13)9-11(12)14/h6-7,9H,2-5,8,14H2,1H3. The first kappa shape index (κ1) is 12.2. The lowest BCUT2D eigenvalue weighted by Gasteiger charge is -2.08. The molecule has 0 saturated carbocycles. The maximum absolute atomic E-state index is 5.78. The van der Waals surface area contributed by atoms with Crippen molar-refractivity contribution in [1.29, 1.82) is 0 Å². The molecule has 0 bridgehead atoms. The molecule has 0 fully saturated rings. The zero-order valence-electron chi connectivity index (χ0n) is 9.13. The highest BCUT2D eigenvalue weighted by molar-refractivity contribution is 6.30. The molecule has 15 heavy (non-hydrogen) atoms. The Morgan fingerprint density at radius 3 is 2.73 bits per heavy atom. The zero-order valence-corrected chi connectivity index (χ0v) is 9.89. The molecule has 0 amide bonds. The molecule has 1 aromatic carbocycles. The van der Waals surface area contributed by atoms with E-state index >= 15 is 0 Å². The summed E-state index contributed by atoms with van der Waals surface area (Å²) in [5.41, 5.74) is 6.36. The Bertz CT molecular complexity index is 302. The van der Waals surface area contributed by atoms with Gasteiger partial charge in [0.1, 0.15) is 5.75 Å². The van der Waals surface area contributed by atoms with Crippen LogP contribution in [0.25, 0.3) is 0 Å². The van der Waals surface area contributed by atoms with Crippen molar-refractivity contribution in [2.24, 2.45) is 0 Å². The van der Waals surface area contributed by atoms with Crippen molar-refractivity contribution in [3.8, 4) is 5.75 Å². The van der Waals surface area contributed by atoms with E-state index < -0.39 is 0 Å². The second-order valence-corrected chi connectivity index (χ2v) is 4.03. The molecule has 1 aromatic rings. The molecular formula is C12H18ClNO. The van der Waals surface area contributed by atoms with Crippen molar-refractivity contribution in [3.05, 3.63) is 23.2 Å². The van der Waals surface area contributed by atoms with Gasteiger partial charge in [0.15, 0.2) is 0 Å². The predicted molar refractivity (Wildman–Crippen MR) is 65.5 cm³/mol. The Morgan fingerprint density at radius 2 is 2.07 bits per heavy atom. The highest BCUT2D eigenvalue weighted by Gasteiger charge is 2.00. The van der Waals surface area contributed by atoms with Gasteiger partial charge >= 0.3 is 0 Å². The maximum Gasteiger partial charge on any atom is 0.142 e. The Labute approximate surface area is 96.4 Å². The molecule has 0 heterocycles. The van der Waals surface area contributed by atoms with E-state index in [2.05, 4.69) is 6.92 Å². The quantitative estimate of drug-likeness (QED) is 0.591. The third kappa shape index (κ3) is 4.43. The number of nitrogen functional groups attached to an aromatic ring is 1. The van der Waals surface area contributed by atoms with Crippen LogP contribution in [0.2, 0.25) is 5.02 Å². The minimum atomic E-state index is 0.609. The van der Waals surface area contributed by atoms with Crippen molar-refractivity contribution in [1.82, 2.24) is 0 Å². The van der Waals surface area contributed by atoms with E-state index in [-0.39, 0.29) is 0 Å². The van der Waals surface area contributed by atoms with Crippen LogP contribution in [0.3, 0.4) is 0 Å². The minimum Gasteiger partial charge on any atom is -0.491 e. The fourth-order valence-corrected chi connectivity index (χ4v) is 1.54. The van der Waals surface area contributed by atoms with Gasteiger partial charge in [0.25, 0.3) is 0 Å². The first-order valence-corrected chi connectivity index (χ1v) is 5.79. The second kappa shape index (κ2) is 6.57. The van der Waals surface area contributed by atoms with E-state index in [1.807, 2.05) is 6.07 Å². The molecule has 2 N–H and O–H groups in total. The molecule has 0 radical (unpaired) electrons. The van der Waals surface area contributed by atoms with Crippen LogP contribution in [0.4, 0.5) is 5.69 Å². The molecule has 0 aliphatic rings. The van der Waals surface area contributed by atoms with E-state index in [1.54, 1.807) is 12.1 Å². The van der Waals surface area contributed by atoms with Gasteiger partial charge in [-0.25, -0.2) is 0 Å². The van der Waals surface area contributed by atoms with Crippen molar-refractivity contribution < 1.29 is 4.74 Å². The molecule has 0 spiro atoms. The van der Waals surface area contributed by atoms with Crippen LogP contribution in [0, 0.1) is 0 Å². The largest absolute Gasteiger partial charge is 0.491 e. The Balaban J connectivity index is 2.31. The summed E-state index contributed by atoms with van der Waals surface area (Å²) in [4.78, 5) is 0. The Hall–Kier alpha value is -0.890. The number of rotatable bonds is 6. The average molecular weight is 228 g/mol. The number of ether oxygens (including phenoxy) is 1. The van der Waals surface area contributed by atoms with Crippen LogP contribution in [0.15, 0.2) is 18.2 Å². The molecule has 2 nitrogen and oxygen atoms in total. The minimum absolute atomic E-state index is 0.609. The summed E-state index contributed by atoms with van der Waals surface area (Å²) < 4.78 is 5.55. The van der Waals surface area contributed by atoms with Crippen LogP contribution in [-0.2, 0) is 0 Å². The number of benzene rings is 1. The Kier molecular flexibility index (Phi) is 5.33. The van der Waals surface area contributed by atoms with Crippen LogP contribution >= 0.6 is 11.6 Å². The summed E-state index contributed by atoms with van der Waals surface area (Å²) in [7, 11) is 0. The van der Waals surface area contributed by atoms with Gasteiger partial charge in [-0.2, -0.15) is 0 Å². The molecule has 0 aromatic heterocycles. The lowest BCUT2D eigenvalue weighted by Crippen LogP contribution is -2.00. The molecule has 0 saturated heterocycles. The molecule has 0 aliphatic carbocycles. The lowest BCUT2D eigenvalue weighted by atomic mass is 10.2. The molecule has 0 unspecified atom stereocenters. The van der Waals surface area contributed by atoms with Gasteiger partial charge in [0.05, 0.1) is 12.3 Å². The summed E-state index contributed by atoms with van der Waals surface area (Å²) in [6, 6.07) is 5.32. The van der Waals surface area contributed by atoms with Crippen LogP contribution < -0.4 is 10.5 Å². The van der Waals surface area contributed by atoms with E-state index in [0.29, 0.717) is 10.7 Å². The predicted octanol–water partition coefficient (Wildman–Crippen LogP) is 3.88. The average Bonchev–Trinajstić information content (AvgIpc) is 2.20. The molecule has 3 heteroatoms. The number of anilines is 1. The van der Waals surface area contributed by atoms with Gasteiger partial charge in [-0.1, -0.05) is 37.8 Å². The second-order valence-electron chi connectivity index (χ2n) is 3.59. The van der Waals surface area contributed by atoms with Crippen molar-refractivity contribution in [3.63, 3.8) is 0 Å².